The molecule has 0 bridgehead atoms. The fourth-order valence-corrected chi connectivity index (χ4v) is 3.00. The van der Waals surface area contributed by atoms with E-state index in [1.807, 2.05) is 0 Å². The van der Waals surface area contributed by atoms with Crippen LogP contribution in [0.3, 0.4) is 0 Å². The maximum atomic E-state index is 10.8. The van der Waals surface area contributed by atoms with Gasteiger partial charge >= 0.3 is 5.97 Å². The molecule has 1 aromatic rings. The molecule has 0 spiro atoms. The monoisotopic (exact) mass is 261 g/mol. The molecule has 0 radical (unpaired) electrons. The van der Waals surface area contributed by atoms with E-state index in [9.17, 15) is 4.79 Å². The summed E-state index contributed by atoms with van der Waals surface area (Å²) in [6, 6.07) is 8.55. The lowest BCUT2D eigenvalue weighted by molar-refractivity contribution is -0.149. The van der Waals surface area contributed by atoms with E-state index in [0.29, 0.717) is 12.3 Å². The summed E-state index contributed by atoms with van der Waals surface area (Å²) in [6.07, 6.45) is 2.07. The van der Waals surface area contributed by atoms with Gasteiger partial charge in [0.2, 0.25) is 0 Å². The zero-order valence-electron chi connectivity index (χ0n) is 10.8. The first kappa shape index (κ1) is 12.6. The highest BCUT2D eigenvalue weighted by molar-refractivity contribution is 5.72. The minimum atomic E-state index is -0.838. The largest absolute Gasteiger partial charge is 0.479 e. The minimum Gasteiger partial charge on any atom is -0.479 e. The maximum Gasteiger partial charge on any atom is 0.332 e. The first-order chi connectivity index (χ1) is 9.24. The molecule has 0 saturated carbocycles. The van der Waals surface area contributed by atoms with E-state index in [4.69, 9.17) is 9.84 Å². The number of nitrogens with one attached hydrogen (secondary N) is 1. The van der Waals surface area contributed by atoms with Crippen LogP contribution in [0, 0.1) is 0 Å². The lowest BCUT2D eigenvalue weighted by atomic mass is 9.77. The number of rotatable bonds is 5. The van der Waals surface area contributed by atoms with E-state index in [2.05, 4.69) is 29.6 Å². The van der Waals surface area contributed by atoms with Gasteiger partial charge < -0.3 is 15.2 Å². The molecule has 4 heteroatoms. The summed E-state index contributed by atoms with van der Waals surface area (Å²) < 4.78 is 5.46. The van der Waals surface area contributed by atoms with Crippen LogP contribution >= 0.6 is 0 Å². The molecule has 1 aliphatic carbocycles. The highest BCUT2D eigenvalue weighted by Crippen LogP contribution is 2.34. The average Bonchev–Trinajstić information content (AvgIpc) is 2.84. The van der Waals surface area contributed by atoms with E-state index in [1.165, 1.54) is 11.1 Å². The fourth-order valence-electron chi connectivity index (χ4n) is 3.00. The molecule has 1 aliphatic heterocycles. The van der Waals surface area contributed by atoms with Gasteiger partial charge in [-0.25, -0.2) is 4.79 Å². The predicted molar refractivity (Wildman–Crippen MR) is 71.3 cm³/mol. The van der Waals surface area contributed by atoms with Crippen LogP contribution in [0.15, 0.2) is 24.3 Å². The number of aliphatic carboxylic acids is 1. The van der Waals surface area contributed by atoms with Gasteiger partial charge in [0.15, 0.2) is 6.10 Å². The summed E-state index contributed by atoms with van der Waals surface area (Å²) >= 11 is 0. The van der Waals surface area contributed by atoms with Gasteiger partial charge in [-0.15, -0.1) is 0 Å². The molecule has 0 aromatic heterocycles. The molecule has 3 unspecified atom stereocenters. The van der Waals surface area contributed by atoms with Crippen molar-refractivity contribution in [2.24, 2.45) is 0 Å². The Labute approximate surface area is 112 Å². The van der Waals surface area contributed by atoms with Crippen molar-refractivity contribution in [1.82, 2.24) is 5.32 Å². The quantitative estimate of drug-likeness (QED) is 0.844. The van der Waals surface area contributed by atoms with E-state index in [0.717, 1.165) is 25.9 Å². The van der Waals surface area contributed by atoms with Gasteiger partial charge in [-0.1, -0.05) is 24.3 Å². The molecule has 3 atom stereocenters. The van der Waals surface area contributed by atoms with Crippen LogP contribution in [0.2, 0.25) is 0 Å². The molecule has 1 fully saturated rings. The van der Waals surface area contributed by atoms with Crippen molar-refractivity contribution in [3.05, 3.63) is 35.4 Å². The van der Waals surface area contributed by atoms with Crippen molar-refractivity contribution in [1.29, 1.82) is 0 Å². The third-order valence-electron chi connectivity index (χ3n) is 4.11. The summed E-state index contributed by atoms with van der Waals surface area (Å²) in [7, 11) is 0. The lowest BCUT2D eigenvalue weighted by Gasteiger charge is -2.30. The van der Waals surface area contributed by atoms with Gasteiger partial charge in [-0.05, 0) is 30.4 Å². The summed E-state index contributed by atoms with van der Waals surface area (Å²) in [5.41, 5.74) is 2.91. The van der Waals surface area contributed by atoms with E-state index in [-0.39, 0.29) is 6.10 Å². The second-order valence-corrected chi connectivity index (χ2v) is 5.42. The number of hydrogen-bond donors (Lipinski definition) is 2. The summed E-state index contributed by atoms with van der Waals surface area (Å²) in [6.45, 7) is 1.71. The first-order valence-electron chi connectivity index (χ1n) is 6.91. The minimum absolute atomic E-state index is 0.0522. The summed E-state index contributed by atoms with van der Waals surface area (Å²) in [5, 5.41) is 12.3. The number of benzene rings is 1. The molecule has 102 valence electrons. The molecule has 0 amide bonds. The standard InChI is InChI=1S/C15H19NO3/c17-15(18)14-6-5-12(19-14)9-16-8-11-7-10-3-1-2-4-13(10)11/h1-4,11-12,14,16H,5-9H2,(H,17,18). The van der Waals surface area contributed by atoms with Crippen LogP contribution in [0.25, 0.3) is 0 Å². The molecule has 1 aromatic carbocycles. The molecular weight excluding hydrogens is 242 g/mol. The van der Waals surface area contributed by atoms with Gasteiger partial charge in [-0.3, -0.25) is 0 Å². The molecule has 1 saturated heterocycles. The Kier molecular flexibility index (Phi) is 3.53. The highest BCUT2D eigenvalue weighted by atomic mass is 16.5. The highest BCUT2D eigenvalue weighted by Gasteiger charge is 2.30. The van der Waals surface area contributed by atoms with Crippen LogP contribution in [0.4, 0.5) is 0 Å². The normalized spacial score (nSPS) is 28.7. The van der Waals surface area contributed by atoms with E-state index < -0.39 is 12.1 Å². The van der Waals surface area contributed by atoms with Crippen molar-refractivity contribution in [3.8, 4) is 0 Å². The molecule has 19 heavy (non-hydrogen) atoms. The van der Waals surface area contributed by atoms with Gasteiger partial charge in [0, 0.05) is 19.0 Å². The van der Waals surface area contributed by atoms with Crippen LogP contribution < -0.4 is 5.32 Å². The zero-order chi connectivity index (χ0) is 13.2. The maximum absolute atomic E-state index is 10.8. The second kappa shape index (κ2) is 5.31. The zero-order valence-corrected chi connectivity index (χ0v) is 10.8. The molecule has 1 heterocycles. The van der Waals surface area contributed by atoms with Crippen LogP contribution in [0.5, 0.6) is 0 Å². The number of hydrogen-bond acceptors (Lipinski definition) is 3. The van der Waals surface area contributed by atoms with Crippen molar-refractivity contribution < 1.29 is 14.6 Å². The van der Waals surface area contributed by atoms with Crippen molar-refractivity contribution >= 4 is 5.97 Å². The fraction of sp³-hybridized carbons (Fsp3) is 0.533. The molecule has 2 aliphatic rings. The SMILES string of the molecule is O=C(O)C1CCC(CNCC2Cc3ccccc32)O1. The molecular formula is C15H19NO3. The molecule has 3 rings (SSSR count). The van der Waals surface area contributed by atoms with Crippen LogP contribution in [0.1, 0.15) is 29.9 Å². The number of fused-ring (bicyclic) bond motifs is 1. The number of carboxylic acids is 1. The lowest BCUT2D eigenvalue weighted by Crippen LogP contribution is -2.34. The average molecular weight is 261 g/mol. The van der Waals surface area contributed by atoms with Gasteiger partial charge in [0.25, 0.3) is 0 Å². The number of ether oxygens (including phenoxy) is 1. The topological polar surface area (TPSA) is 58.6 Å². The third-order valence-corrected chi connectivity index (χ3v) is 4.11. The van der Waals surface area contributed by atoms with Gasteiger partial charge in [0.1, 0.15) is 0 Å². The smallest absolute Gasteiger partial charge is 0.332 e. The van der Waals surface area contributed by atoms with Crippen molar-refractivity contribution in [3.63, 3.8) is 0 Å². The molecule has 4 nitrogen and oxygen atoms in total. The van der Waals surface area contributed by atoms with E-state index in [1.54, 1.807) is 0 Å². The van der Waals surface area contributed by atoms with Gasteiger partial charge in [0.05, 0.1) is 6.10 Å². The summed E-state index contributed by atoms with van der Waals surface area (Å²) in [5.74, 6) is -0.233. The first-order valence-corrected chi connectivity index (χ1v) is 6.91. The Balaban J connectivity index is 1.40. The van der Waals surface area contributed by atoms with Crippen molar-refractivity contribution in [2.75, 3.05) is 13.1 Å². The Hall–Kier alpha value is -1.39. The third kappa shape index (κ3) is 2.65. The number of carbonyl (C=O) groups is 1. The predicted octanol–water partition coefficient (Wildman–Crippen LogP) is 1.55. The summed E-state index contributed by atoms with van der Waals surface area (Å²) in [4.78, 5) is 10.8. The van der Waals surface area contributed by atoms with Crippen LogP contribution in [-0.4, -0.2) is 36.4 Å². The molecule has 2 N–H and O–H groups in total. The Morgan fingerprint density at radius 2 is 2.16 bits per heavy atom. The van der Waals surface area contributed by atoms with Crippen molar-refractivity contribution in [2.45, 2.75) is 37.4 Å². The van der Waals surface area contributed by atoms with Gasteiger partial charge in [-0.2, -0.15) is 0 Å². The number of carboxylic acid groups (broad SMARTS) is 1. The Morgan fingerprint density at radius 1 is 1.32 bits per heavy atom. The Morgan fingerprint density at radius 3 is 2.89 bits per heavy atom. The second-order valence-electron chi connectivity index (χ2n) is 5.42. The van der Waals surface area contributed by atoms with Crippen LogP contribution in [-0.2, 0) is 16.0 Å². The Bertz CT molecular complexity index is 474. The van der Waals surface area contributed by atoms with E-state index >= 15 is 0 Å².